The van der Waals surface area contributed by atoms with Crippen LogP contribution in [0.5, 0.6) is 0 Å². The van der Waals surface area contributed by atoms with Gasteiger partial charge in [0.15, 0.2) is 0 Å². The van der Waals surface area contributed by atoms with Gasteiger partial charge in [-0.1, -0.05) is 30.9 Å². The van der Waals surface area contributed by atoms with Gasteiger partial charge in [-0.05, 0) is 31.4 Å². The second-order valence-electron chi connectivity index (χ2n) is 5.33. The van der Waals surface area contributed by atoms with Gasteiger partial charge >= 0.3 is 5.97 Å². The number of hydrogen-bond acceptors (Lipinski definition) is 4. The van der Waals surface area contributed by atoms with Crippen LogP contribution in [0, 0.1) is 12.8 Å². The molecule has 1 fully saturated rings. The Balaban J connectivity index is 2.22. The Morgan fingerprint density at radius 2 is 2.05 bits per heavy atom. The third kappa shape index (κ3) is 3.97. The number of nitrogens with one attached hydrogen (secondary N) is 1. The van der Waals surface area contributed by atoms with Crippen molar-refractivity contribution in [1.29, 1.82) is 0 Å². The van der Waals surface area contributed by atoms with Gasteiger partial charge in [0.2, 0.25) is 10.0 Å². The van der Waals surface area contributed by atoms with Crippen LogP contribution in [0.1, 0.15) is 37.7 Å². The van der Waals surface area contributed by atoms with Crippen LogP contribution in [0.15, 0.2) is 10.3 Å². The summed E-state index contributed by atoms with van der Waals surface area (Å²) in [6.07, 6.45) is 3.65. The number of halogens is 1. The van der Waals surface area contributed by atoms with Gasteiger partial charge in [-0.25, -0.2) is 13.1 Å². The van der Waals surface area contributed by atoms with Crippen LogP contribution in [-0.4, -0.2) is 25.5 Å². The molecule has 1 aliphatic carbocycles. The van der Waals surface area contributed by atoms with Crippen molar-refractivity contribution < 1.29 is 18.3 Å². The number of carboxylic acids is 1. The van der Waals surface area contributed by atoms with Crippen molar-refractivity contribution in [2.24, 2.45) is 5.92 Å². The molecule has 1 aromatic heterocycles. The van der Waals surface area contributed by atoms with Gasteiger partial charge in [-0.15, -0.1) is 11.3 Å². The maximum absolute atomic E-state index is 12.4. The molecule has 0 saturated heterocycles. The van der Waals surface area contributed by atoms with Crippen molar-refractivity contribution in [1.82, 2.24) is 4.72 Å². The summed E-state index contributed by atoms with van der Waals surface area (Å²) in [5.74, 6) is -1.61. The standard InChI is InChI=1S/C13H18ClNO4S2/c1-8-7-11(20-12(8)14)21(18,19)15-10-6-4-2-3-5-9(10)13(16)17/h7,9-10,15H,2-6H2,1H3,(H,16,17). The highest BCUT2D eigenvalue weighted by atomic mass is 35.5. The molecule has 0 spiro atoms. The van der Waals surface area contributed by atoms with Gasteiger partial charge in [0.25, 0.3) is 0 Å². The average Bonchev–Trinajstić information content (AvgIpc) is 2.62. The zero-order valence-electron chi connectivity index (χ0n) is 11.6. The van der Waals surface area contributed by atoms with E-state index in [1.807, 2.05) is 0 Å². The second-order valence-corrected chi connectivity index (χ2v) is 8.93. The monoisotopic (exact) mass is 351 g/mol. The summed E-state index contributed by atoms with van der Waals surface area (Å²) in [6, 6.07) is 0.957. The predicted molar refractivity (Wildman–Crippen MR) is 82.4 cm³/mol. The van der Waals surface area contributed by atoms with Crippen LogP contribution in [0.4, 0.5) is 0 Å². The first-order valence-electron chi connectivity index (χ1n) is 6.82. The van der Waals surface area contributed by atoms with Crippen molar-refractivity contribution in [3.05, 3.63) is 16.0 Å². The largest absolute Gasteiger partial charge is 0.481 e. The maximum atomic E-state index is 12.4. The van der Waals surface area contributed by atoms with Crippen molar-refractivity contribution in [2.75, 3.05) is 0 Å². The molecule has 0 aliphatic heterocycles. The molecule has 2 N–H and O–H groups in total. The number of carboxylic acid groups (broad SMARTS) is 1. The van der Waals surface area contributed by atoms with Crippen LogP contribution >= 0.6 is 22.9 Å². The fourth-order valence-electron chi connectivity index (χ4n) is 2.57. The summed E-state index contributed by atoms with van der Waals surface area (Å²) < 4.78 is 27.9. The predicted octanol–water partition coefficient (Wildman–Crippen LogP) is 3.02. The highest BCUT2D eigenvalue weighted by Crippen LogP contribution is 2.31. The van der Waals surface area contributed by atoms with Crippen LogP contribution in [0.2, 0.25) is 4.34 Å². The number of carbonyl (C=O) groups is 1. The number of aryl methyl sites for hydroxylation is 1. The van der Waals surface area contributed by atoms with Crippen molar-refractivity contribution in [3.8, 4) is 0 Å². The minimum atomic E-state index is -3.72. The molecule has 2 rings (SSSR count). The van der Waals surface area contributed by atoms with Crippen LogP contribution < -0.4 is 4.72 Å². The molecule has 1 saturated carbocycles. The molecule has 1 aliphatic rings. The molecule has 0 bridgehead atoms. The van der Waals surface area contributed by atoms with E-state index in [9.17, 15) is 18.3 Å². The van der Waals surface area contributed by atoms with E-state index in [1.54, 1.807) is 6.92 Å². The molecule has 1 heterocycles. The van der Waals surface area contributed by atoms with E-state index in [0.29, 0.717) is 22.7 Å². The minimum absolute atomic E-state index is 0.137. The van der Waals surface area contributed by atoms with Gasteiger partial charge in [0, 0.05) is 6.04 Å². The Labute approximate surface area is 133 Å². The Morgan fingerprint density at radius 1 is 1.38 bits per heavy atom. The third-order valence-electron chi connectivity index (χ3n) is 3.74. The lowest BCUT2D eigenvalue weighted by Crippen LogP contribution is -2.42. The van der Waals surface area contributed by atoms with Crippen molar-refractivity contribution in [3.63, 3.8) is 0 Å². The maximum Gasteiger partial charge on any atom is 0.308 e. The molecular weight excluding hydrogens is 334 g/mol. The Morgan fingerprint density at radius 3 is 2.62 bits per heavy atom. The van der Waals surface area contributed by atoms with Gasteiger partial charge in [0.05, 0.1) is 10.3 Å². The molecule has 5 nitrogen and oxygen atoms in total. The highest BCUT2D eigenvalue weighted by Gasteiger charge is 2.33. The van der Waals surface area contributed by atoms with Crippen LogP contribution in [0.3, 0.4) is 0 Å². The molecule has 2 atom stereocenters. The number of sulfonamides is 1. The van der Waals surface area contributed by atoms with Crippen molar-refractivity contribution in [2.45, 2.75) is 49.3 Å². The molecule has 0 aromatic carbocycles. The summed E-state index contributed by atoms with van der Waals surface area (Å²) >= 11 is 6.91. The second kappa shape index (κ2) is 6.64. The quantitative estimate of drug-likeness (QED) is 0.817. The average molecular weight is 352 g/mol. The first kappa shape index (κ1) is 16.7. The van der Waals surface area contributed by atoms with E-state index in [1.165, 1.54) is 6.07 Å². The molecular formula is C13H18ClNO4S2. The SMILES string of the molecule is Cc1cc(S(=O)(=O)NC2CCCCCC2C(=O)O)sc1Cl. The number of aliphatic carboxylic acids is 1. The van der Waals surface area contributed by atoms with Gasteiger partial charge in [-0.2, -0.15) is 0 Å². The lowest BCUT2D eigenvalue weighted by atomic mass is 9.96. The zero-order chi connectivity index (χ0) is 15.6. The Hall–Kier alpha value is -0.630. The summed E-state index contributed by atoms with van der Waals surface area (Å²) in [5.41, 5.74) is 0.706. The Bertz CT molecular complexity index is 607. The fraction of sp³-hybridized carbons (Fsp3) is 0.615. The third-order valence-corrected chi connectivity index (χ3v) is 7.26. The van der Waals surface area contributed by atoms with E-state index >= 15 is 0 Å². The summed E-state index contributed by atoms with van der Waals surface area (Å²) in [7, 11) is -3.72. The van der Waals surface area contributed by atoms with Gasteiger partial charge in [-0.3, -0.25) is 4.79 Å². The Kier molecular flexibility index (Phi) is 5.29. The number of rotatable bonds is 4. The molecule has 1 aromatic rings. The normalized spacial score (nSPS) is 23.7. The lowest BCUT2D eigenvalue weighted by molar-refractivity contribution is -0.142. The lowest BCUT2D eigenvalue weighted by Gasteiger charge is -2.22. The molecule has 8 heteroatoms. The first-order valence-corrected chi connectivity index (χ1v) is 9.50. The van der Waals surface area contributed by atoms with Crippen LogP contribution in [-0.2, 0) is 14.8 Å². The minimum Gasteiger partial charge on any atom is -0.481 e. The highest BCUT2D eigenvalue weighted by molar-refractivity contribution is 7.91. The van der Waals surface area contributed by atoms with Gasteiger partial charge in [0.1, 0.15) is 4.21 Å². The van der Waals surface area contributed by atoms with Crippen molar-refractivity contribution >= 4 is 38.9 Å². The fourth-order valence-corrected chi connectivity index (χ4v) is 5.60. The summed E-state index contributed by atoms with van der Waals surface area (Å²) in [5, 5.41) is 9.30. The molecule has 21 heavy (non-hydrogen) atoms. The summed E-state index contributed by atoms with van der Waals surface area (Å²) in [6.45, 7) is 1.74. The zero-order valence-corrected chi connectivity index (χ0v) is 14.0. The van der Waals surface area contributed by atoms with E-state index < -0.39 is 28.0 Å². The molecule has 2 unspecified atom stereocenters. The molecule has 0 amide bonds. The number of thiophene rings is 1. The summed E-state index contributed by atoms with van der Waals surface area (Å²) in [4.78, 5) is 11.3. The van der Waals surface area contributed by atoms with E-state index in [4.69, 9.17) is 11.6 Å². The number of hydrogen-bond donors (Lipinski definition) is 2. The van der Waals surface area contributed by atoms with E-state index in [2.05, 4.69) is 4.72 Å². The van der Waals surface area contributed by atoms with Crippen LogP contribution in [0.25, 0.3) is 0 Å². The van der Waals surface area contributed by atoms with E-state index in [0.717, 1.165) is 30.6 Å². The topological polar surface area (TPSA) is 83.5 Å². The molecule has 0 radical (unpaired) electrons. The van der Waals surface area contributed by atoms with E-state index in [-0.39, 0.29) is 4.21 Å². The molecule has 118 valence electrons. The smallest absolute Gasteiger partial charge is 0.308 e. The first-order chi connectivity index (χ1) is 9.81. The van der Waals surface area contributed by atoms with Gasteiger partial charge < -0.3 is 5.11 Å².